The summed E-state index contributed by atoms with van der Waals surface area (Å²) in [6.07, 6.45) is 7.62. The molecule has 0 saturated carbocycles. The Labute approximate surface area is 787 Å². The van der Waals surface area contributed by atoms with Crippen LogP contribution in [0.1, 0.15) is 0 Å². The van der Waals surface area contributed by atoms with E-state index in [4.69, 9.17) is 29.9 Å². The molecule has 0 aliphatic rings. The van der Waals surface area contributed by atoms with Gasteiger partial charge in [-0.15, -0.1) is 0 Å². The fourth-order valence-corrected chi connectivity index (χ4v) is 24.9. The number of hydrogen-bond acceptors (Lipinski definition) is 6. The van der Waals surface area contributed by atoms with E-state index in [-0.39, 0.29) is 0 Å². The van der Waals surface area contributed by atoms with Gasteiger partial charge in [0, 0.05) is 90.0 Å². The van der Waals surface area contributed by atoms with Crippen LogP contribution in [0, 0.1) is 0 Å². The zero-order valence-corrected chi connectivity index (χ0v) is 75.1. The van der Waals surface area contributed by atoms with Crippen molar-refractivity contribution < 1.29 is 0 Å². The van der Waals surface area contributed by atoms with E-state index in [1.54, 1.807) is 0 Å². The normalized spacial score (nSPS) is 11.5. The second kappa shape index (κ2) is 35.4. The summed E-state index contributed by atoms with van der Waals surface area (Å²) in [7, 11) is -2.56. The highest BCUT2D eigenvalue weighted by Gasteiger charge is 2.41. The maximum Gasteiger partial charge on any atom is 0.235 e. The van der Waals surface area contributed by atoms with Crippen LogP contribution in [0.15, 0.2) is 516 Å². The van der Waals surface area contributed by atoms with E-state index < -0.39 is 8.07 Å². The van der Waals surface area contributed by atoms with Crippen LogP contribution in [0.5, 0.6) is 0 Å². The first-order valence-electron chi connectivity index (χ1n) is 46.1. The lowest BCUT2D eigenvalue weighted by Gasteiger charge is -2.34. The first kappa shape index (κ1) is 81.3. The summed E-state index contributed by atoms with van der Waals surface area (Å²) in [4.78, 5) is 29.8. The number of nitrogens with zero attached hydrogens (tertiary/aromatic N) is 9. The van der Waals surface area contributed by atoms with E-state index >= 15 is 0 Å². The summed E-state index contributed by atoms with van der Waals surface area (Å²) in [6, 6.07) is 175. The number of rotatable bonds is 15. The van der Waals surface area contributed by atoms with Crippen LogP contribution in [0.4, 0.5) is 0 Å². The number of hydrogen-bond donors (Lipinski definition) is 0. The third-order valence-electron chi connectivity index (χ3n) is 26.6. The monoisotopic (exact) mass is 1750 g/mol. The highest BCUT2D eigenvalue weighted by atomic mass is 28.3. The van der Waals surface area contributed by atoms with Gasteiger partial charge in [-0.25, -0.2) is 29.9 Å². The summed E-state index contributed by atoms with van der Waals surface area (Å²) in [5.41, 5.74) is 24.5. The van der Waals surface area contributed by atoms with Crippen molar-refractivity contribution in [3.05, 3.63) is 516 Å². The fourth-order valence-electron chi connectivity index (χ4n) is 20.2. The molecule has 0 unspecified atom stereocenters. The molecule has 0 bridgehead atoms. The molecule has 0 aliphatic carbocycles. The molecule has 0 atom stereocenters. The Morgan fingerprint density at radius 3 is 0.853 bits per heavy atom. The highest BCUT2D eigenvalue weighted by Crippen LogP contribution is 2.43. The quantitative estimate of drug-likeness (QED) is 0.0750. The van der Waals surface area contributed by atoms with Crippen molar-refractivity contribution in [2.75, 3.05) is 0 Å². The summed E-state index contributed by atoms with van der Waals surface area (Å²) in [5, 5.41) is 19.8. The molecule has 0 saturated heterocycles. The van der Waals surface area contributed by atoms with Crippen molar-refractivity contribution in [2.45, 2.75) is 0 Å². The molecule has 6 heterocycles. The van der Waals surface area contributed by atoms with Gasteiger partial charge in [0.1, 0.15) is 0 Å². The molecule has 0 N–H and O–H groups in total. The molecule has 0 aliphatic heterocycles. The van der Waals surface area contributed by atoms with Crippen LogP contribution in [-0.2, 0) is 0 Å². The number of benzene rings is 20. The number of aromatic nitrogens is 9. The Morgan fingerprint density at radius 1 is 0.162 bits per heavy atom. The van der Waals surface area contributed by atoms with Gasteiger partial charge in [0.15, 0.2) is 8.07 Å². The molecule has 638 valence electrons. The smallest absolute Gasteiger partial charge is 0.235 e. The first-order chi connectivity index (χ1) is 67.4. The van der Waals surface area contributed by atoms with Crippen molar-refractivity contribution >= 4 is 127 Å². The lowest BCUT2D eigenvalue weighted by molar-refractivity contribution is 0.992. The minimum atomic E-state index is -2.56. The standard InChI is InChI=1S/C50H35N3Si.C44H29N3.C32H21N3/c1-4-15-41(16-5-1)54(42-17-6-2-7-18-42,43-19-8-3-9-20-43)44-31-28-37(29-32-44)36-24-26-38(27-25-36)40-34-51-50(52-35-40)53-48-23-13-12-22-46(48)47-33-30-39-14-10-11-21-45(39)49(47)53;1-3-11-30(12-4-1)33-16-9-18-35(27-33)36-22-24-42-40(29-36)39-23-21-32-15-7-8-20-38(32)43(39)47(42)44-45-26-25-41(46-44)37-19-10-17-34(28-37)31-13-5-2-6-14-31;1-2-9-22(10-3-1)24-12-8-13-25(21-24)29-19-20-33-32(34-29)35-30-16-7-6-15-27(30)28-18-17-23-11-4-5-14-26(23)31(28)35/h1-35H;1-29H;1-21H. The van der Waals surface area contributed by atoms with Gasteiger partial charge in [0.2, 0.25) is 17.8 Å². The van der Waals surface area contributed by atoms with Gasteiger partial charge in [0.25, 0.3) is 0 Å². The average molecular weight is 1750 g/mol. The van der Waals surface area contributed by atoms with Gasteiger partial charge >= 0.3 is 0 Å². The van der Waals surface area contributed by atoms with Gasteiger partial charge in [0.05, 0.1) is 44.5 Å². The Bertz CT molecular complexity index is 8840. The predicted molar refractivity (Wildman–Crippen MR) is 569 cm³/mol. The van der Waals surface area contributed by atoms with E-state index in [0.29, 0.717) is 17.8 Å². The number of para-hydroxylation sites is 2. The van der Waals surface area contributed by atoms with E-state index in [1.165, 1.54) is 135 Å². The zero-order valence-electron chi connectivity index (χ0n) is 74.1. The van der Waals surface area contributed by atoms with Crippen molar-refractivity contribution in [3.8, 4) is 107 Å². The molecule has 6 aromatic heterocycles. The van der Waals surface area contributed by atoms with E-state index in [9.17, 15) is 0 Å². The van der Waals surface area contributed by atoms with E-state index in [1.807, 2.05) is 49.1 Å². The van der Waals surface area contributed by atoms with Crippen LogP contribution >= 0.6 is 0 Å². The minimum Gasteiger partial charge on any atom is -0.277 e. The van der Waals surface area contributed by atoms with Gasteiger partial charge in [-0.3, -0.25) is 13.7 Å². The molecule has 26 aromatic rings. The molecular formula is C126H85N9Si. The van der Waals surface area contributed by atoms with Crippen molar-refractivity contribution in [1.82, 2.24) is 43.6 Å². The lowest BCUT2D eigenvalue weighted by atomic mass is 9.98. The molecule has 26 rings (SSSR count). The lowest BCUT2D eigenvalue weighted by Crippen LogP contribution is -2.74. The van der Waals surface area contributed by atoms with Crippen LogP contribution in [0.25, 0.3) is 205 Å². The summed E-state index contributed by atoms with van der Waals surface area (Å²) < 4.78 is 6.65. The molecule has 0 amide bonds. The molecule has 9 nitrogen and oxygen atoms in total. The largest absolute Gasteiger partial charge is 0.277 e. The predicted octanol–water partition coefficient (Wildman–Crippen LogP) is 28.9. The minimum absolute atomic E-state index is 0.655. The summed E-state index contributed by atoms with van der Waals surface area (Å²) in [5.74, 6) is 2.00. The van der Waals surface area contributed by atoms with Crippen molar-refractivity contribution in [1.29, 1.82) is 0 Å². The Balaban J connectivity index is 0.000000114. The molecule has 20 aromatic carbocycles. The fraction of sp³-hybridized carbons (Fsp3) is 0. The molecule has 10 heteroatoms. The highest BCUT2D eigenvalue weighted by molar-refractivity contribution is 7.19. The van der Waals surface area contributed by atoms with Crippen LogP contribution in [-0.4, -0.2) is 51.7 Å². The Kier molecular flexibility index (Phi) is 21.1. The first-order valence-corrected chi connectivity index (χ1v) is 48.1. The Morgan fingerprint density at radius 2 is 0.441 bits per heavy atom. The zero-order chi connectivity index (χ0) is 90.3. The van der Waals surface area contributed by atoms with E-state index in [2.05, 4.69) is 481 Å². The van der Waals surface area contributed by atoms with Gasteiger partial charge in [-0.05, 0) is 153 Å². The SMILES string of the molecule is c1ccc(-c2cccc(-c3ccc4c(c3)c3ccc5ccccc5c3n4-c3nccc(-c4cccc(-c5ccccc5)c4)n3)c2)cc1.c1ccc(-c2cccc(-c3ccnc(-n4c5ccccc5c5ccc6ccccc6c54)n3)c2)cc1.c1ccc([Si](c2ccccc2)(c2ccccc2)c2ccc(-c3ccc(-c4cnc(-n5c6ccccc6c6ccc7ccccc7c65)nc4)cc3)cc2)cc1. The van der Waals surface area contributed by atoms with Crippen LogP contribution < -0.4 is 20.7 Å². The van der Waals surface area contributed by atoms with E-state index in [0.717, 1.165) is 72.3 Å². The van der Waals surface area contributed by atoms with Gasteiger partial charge < -0.3 is 0 Å². The van der Waals surface area contributed by atoms with Gasteiger partial charge in [-0.1, -0.05) is 437 Å². The maximum absolute atomic E-state index is 5.20. The summed E-state index contributed by atoms with van der Waals surface area (Å²) >= 11 is 0. The Hall–Kier alpha value is -18.0. The molecule has 0 spiro atoms. The molecule has 136 heavy (non-hydrogen) atoms. The van der Waals surface area contributed by atoms with Crippen LogP contribution in [0.2, 0.25) is 0 Å². The third kappa shape index (κ3) is 14.9. The van der Waals surface area contributed by atoms with Crippen molar-refractivity contribution in [3.63, 3.8) is 0 Å². The van der Waals surface area contributed by atoms with Crippen LogP contribution in [0.3, 0.4) is 0 Å². The second-order valence-corrected chi connectivity index (χ2v) is 38.2. The average Bonchev–Trinajstić information content (AvgIpc) is 1.69. The van der Waals surface area contributed by atoms with Gasteiger partial charge in [-0.2, -0.15) is 0 Å². The summed E-state index contributed by atoms with van der Waals surface area (Å²) in [6.45, 7) is 0. The molecule has 0 fully saturated rings. The second-order valence-electron chi connectivity index (χ2n) is 34.4. The maximum atomic E-state index is 5.20. The molecule has 0 radical (unpaired) electrons. The topological polar surface area (TPSA) is 92.1 Å². The third-order valence-corrected chi connectivity index (χ3v) is 31.4. The molecular weight excluding hydrogens is 1670 g/mol. The van der Waals surface area contributed by atoms with Crippen molar-refractivity contribution in [2.24, 2.45) is 0 Å². The number of fused-ring (bicyclic) bond motifs is 15.